The molecule has 3 aromatic carbocycles. The maximum atomic E-state index is 12.8. The summed E-state index contributed by atoms with van der Waals surface area (Å²) in [5.74, 6) is 0.191. The summed E-state index contributed by atoms with van der Waals surface area (Å²) in [6.07, 6.45) is 1.41. The molecule has 0 radical (unpaired) electrons. The number of nitro groups is 1. The van der Waals surface area contributed by atoms with Crippen molar-refractivity contribution in [2.45, 2.75) is 13.5 Å². The zero-order valence-electron chi connectivity index (χ0n) is 18.4. The van der Waals surface area contributed by atoms with Gasteiger partial charge in [-0.05, 0) is 48.4 Å². The summed E-state index contributed by atoms with van der Waals surface area (Å²) in [5.41, 5.74) is 2.03. The first-order valence-electron chi connectivity index (χ1n) is 10.0. The number of non-ortho nitro benzene ring substituents is 1. The zero-order valence-corrected chi connectivity index (χ0v) is 20.0. The van der Waals surface area contributed by atoms with E-state index in [0.29, 0.717) is 28.3 Å². The van der Waals surface area contributed by atoms with Gasteiger partial charge in [-0.2, -0.15) is 5.26 Å². The molecule has 0 aliphatic heterocycles. The number of aryl methyl sites for hydroxylation is 1. The number of ether oxygens (including phenoxy) is 2. The van der Waals surface area contributed by atoms with Crippen LogP contribution < -0.4 is 14.8 Å². The molecule has 3 rings (SSSR count). The quantitative estimate of drug-likeness (QED) is 0.173. The molecule has 1 amide bonds. The topological polar surface area (TPSA) is 114 Å². The second kappa shape index (κ2) is 11.1. The molecule has 8 nitrogen and oxygen atoms in total. The number of benzene rings is 3. The van der Waals surface area contributed by atoms with Crippen LogP contribution >= 0.6 is 15.9 Å². The Hall–Kier alpha value is -4.16. The normalized spacial score (nSPS) is 10.8. The van der Waals surface area contributed by atoms with E-state index in [2.05, 4.69) is 21.2 Å². The molecule has 34 heavy (non-hydrogen) atoms. The number of rotatable bonds is 8. The van der Waals surface area contributed by atoms with Crippen LogP contribution in [0.25, 0.3) is 6.08 Å². The third-order valence-corrected chi connectivity index (χ3v) is 5.39. The third-order valence-electron chi connectivity index (χ3n) is 4.86. The Balaban J connectivity index is 1.87. The van der Waals surface area contributed by atoms with Crippen molar-refractivity contribution in [3.63, 3.8) is 0 Å². The summed E-state index contributed by atoms with van der Waals surface area (Å²) >= 11 is 3.40. The largest absolute Gasteiger partial charge is 0.493 e. The minimum absolute atomic E-state index is 0.0875. The van der Waals surface area contributed by atoms with Gasteiger partial charge in [-0.25, -0.2) is 0 Å². The molecule has 0 aliphatic rings. The number of carbonyl (C=O) groups is 1. The predicted octanol–water partition coefficient (Wildman–Crippen LogP) is 5.80. The van der Waals surface area contributed by atoms with Crippen LogP contribution in [0, 0.1) is 28.4 Å². The molecule has 0 bridgehead atoms. The van der Waals surface area contributed by atoms with Crippen molar-refractivity contribution < 1.29 is 19.2 Å². The number of carbonyl (C=O) groups excluding carboxylic acids is 1. The minimum atomic E-state index is -0.652. The molecule has 172 valence electrons. The van der Waals surface area contributed by atoms with Crippen molar-refractivity contribution in [3.05, 3.63) is 97.5 Å². The van der Waals surface area contributed by atoms with E-state index in [1.807, 2.05) is 30.3 Å². The maximum Gasteiger partial charge on any atom is 0.269 e. The number of methoxy groups -OCH3 is 1. The molecule has 0 heterocycles. The zero-order chi connectivity index (χ0) is 24.7. The number of para-hydroxylation sites is 1. The first-order chi connectivity index (χ1) is 16.3. The maximum absolute atomic E-state index is 12.8. The van der Waals surface area contributed by atoms with E-state index in [4.69, 9.17) is 9.47 Å². The number of amides is 1. The lowest BCUT2D eigenvalue weighted by molar-refractivity contribution is -0.384. The van der Waals surface area contributed by atoms with E-state index in [-0.39, 0.29) is 17.9 Å². The minimum Gasteiger partial charge on any atom is -0.493 e. The lowest BCUT2D eigenvalue weighted by Crippen LogP contribution is -2.14. The average molecular weight is 522 g/mol. The van der Waals surface area contributed by atoms with Crippen LogP contribution in [0.5, 0.6) is 11.5 Å². The molecular weight excluding hydrogens is 502 g/mol. The lowest BCUT2D eigenvalue weighted by Gasteiger charge is -2.14. The summed E-state index contributed by atoms with van der Waals surface area (Å²) < 4.78 is 12.4. The summed E-state index contributed by atoms with van der Waals surface area (Å²) in [6, 6.07) is 18.8. The van der Waals surface area contributed by atoms with Crippen LogP contribution in [-0.2, 0) is 11.4 Å². The van der Waals surface area contributed by atoms with E-state index in [9.17, 15) is 20.2 Å². The predicted molar refractivity (Wildman–Crippen MR) is 132 cm³/mol. The number of nitriles is 1. The number of anilines is 1. The summed E-state index contributed by atoms with van der Waals surface area (Å²) in [5, 5.41) is 23.2. The van der Waals surface area contributed by atoms with Crippen LogP contribution in [0.3, 0.4) is 0 Å². The van der Waals surface area contributed by atoms with Crippen LogP contribution in [0.1, 0.15) is 16.7 Å². The second-order valence-electron chi connectivity index (χ2n) is 7.17. The molecule has 9 heteroatoms. The van der Waals surface area contributed by atoms with Crippen molar-refractivity contribution in [2.75, 3.05) is 12.4 Å². The van der Waals surface area contributed by atoms with Gasteiger partial charge in [-0.15, -0.1) is 0 Å². The van der Waals surface area contributed by atoms with Crippen LogP contribution in [0.4, 0.5) is 11.4 Å². The van der Waals surface area contributed by atoms with E-state index in [0.717, 1.165) is 10.0 Å². The number of nitrogens with zero attached hydrogens (tertiary/aromatic N) is 2. The summed E-state index contributed by atoms with van der Waals surface area (Å²) in [7, 11) is 1.50. The van der Waals surface area contributed by atoms with Crippen molar-refractivity contribution in [2.24, 2.45) is 0 Å². The molecule has 0 fully saturated rings. The fraction of sp³-hybridized carbons (Fsp3) is 0.120. The first-order valence-corrected chi connectivity index (χ1v) is 10.8. The van der Waals surface area contributed by atoms with Crippen molar-refractivity contribution >= 4 is 39.3 Å². The number of hydrogen-bond acceptors (Lipinski definition) is 6. The SMILES string of the molecule is COc1cccc(C=C(C#N)C(=O)Nc2ccc([N+](=O)[O-])cc2C)c1OCc1ccc(Br)cc1. The fourth-order valence-corrected chi connectivity index (χ4v) is 3.36. The summed E-state index contributed by atoms with van der Waals surface area (Å²) in [6.45, 7) is 1.89. The monoisotopic (exact) mass is 521 g/mol. The van der Waals surface area contributed by atoms with Gasteiger partial charge in [-0.3, -0.25) is 14.9 Å². The number of halogens is 1. The van der Waals surface area contributed by atoms with Crippen LogP contribution in [0.15, 0.2) is 70.7 Å². The molecule has 0 saturated carbocycles. The van der Waals surface area contributed by atoms with Crippen molar-refractivity contribution in [3.8, 4) is 17.6 Å². The molecule has 0 aliphatic carbocycles. The van der Waals surface area contributed by atoms with E-state index >= 15 is 0 Å². The molecular formula is C25H20BrN3O5. The van der Waals surface area contributed by atoms with Crippen LogP contribution in [-0.4, -0.2) is 17.9 Å². The standard InChI is InChI=1S/C25H20BrN3O5/c1-16-12-21(29(31)32)10-11-22(16)28-25(30)19(14-27)13-18-4-3-5-23(33-2)24(18)34-15-17-6-8-20(26)9-7-17/h3-13H,15H2,1-2H3,(H,28,30). The Bertz CT molecular complexity index is 1300. The Morgan fingerprint density at radius 3 is 2.56 bits per heavy atom. The highest BCUT2D eigenvalue weighted by Crippen LogP contribution is 2.33. The smallest absolute Gasteiger partial charge is 0.269 e. The van der Waals surface area contributed by atoms with Gasteiger partial charge in [-0.1, -0.05) is 40.2 Å². The molecule has 0 saturated heterocycles. The Labute approximate surface area is 204 Å². The molecule has 0 aromatic heterocycles. The first kappa shape index (κ1) is 24.5. The number of nitrogens with one attached hydrogen (secondary N) is 1. The van der Waals surface area contributed by atoms with Gasteiger partial charge in [0, 0.05) is 27.9 Å². The molecule has 0 unspecified atom stereocenters. The lowest BCUT2D eigenvalue weighted by atomic mass is 10.1. The fourth-order valence-electron chi connectivity index (χ4n) is 3.09. The Morgan fingerprint density at radius 1 is 1.21 bits per heavy atom. The summed E-state index contributed by atoms with van der Waals surface area (Å²) in [4.78, 5) is 23.2. The van der Waals surface area contributed by atoms with Crippen molar-refractivity contribution in [1.82, 2.24) is 0 Å². The Kier molecular flexibility index (Phi) is 8.01. The van der Waals surface area contributed by atoms with Crippen molar-refractivity contribution in [1.29, 1.82) is 5.26 Å². The van der Waals surface area contributed by atoms with Gasteiger partial charge in [0.25, 0.3) is 11.6 Å². The highest BCUT2D eigenvalue weighted by Gasteiger charge is 2.16. The van der Waals surface area contributed by atoms with E-state index in [1.54, 1.807) is 25.1 Å². The highest BCUT2D eigenvalue weighted by atomic mass is 79.9. The van der Waals surface area contributed by atoms with Gasteiger partial charge in [0.15, 0.2) is 11.5 Å². The van der Waals surface area contributed by atoms with E-state index < -0.39 is 10.8 Å². The molecule has 3 aromatic rings. The third kappa shape index (κ3) is 5.99. The van der Waals surface area contributed by atoms with Gasteiger partial charge in [0.1, 0.15) is 18.2 Å². The van der Waals surface area contributed by atoms with Crippen LogP contribution in [0.2, 0.25) is 0 Å². The number of nitro benzene ring substituents is 1. The average Bonchev–Trinajstić information content (AvgIpc) is 2.83. The molecule has 1 N–H and O–H groups in total. The van der Waals surface area contributed by atoms with Gasteiger partial charge >= 0.3 is 0 Å². The van der Waals surface area contributed by atoms with E-state index in [1.165, 1.54) is 31.4 Å². The van der Waals surface area contributed by atoms with Gasteiger partial charge in [0.05, 0.1) is 12.0 Å². The Morgan fingerprint density at radius 2 is 1.94 bits per heavy atom. The highest BCUT2D eigenvalue weighted by molar-refractivity contribution is 9.10. The molecule has 0 atom stereocenters. The molecule has 0 spiro atoms. The number of hydrogen-bond donors (Lipinski definition) is 1. The second-order valence-corrected chi connectivity index (χ2v) is 8.09. The van der Waals surface area contributed by atoms with Gasteiger partial charge in [0.2, 0.25) is 0 Å². The van der Waals surface area contributed by atoms with Gasteiger partial charge < -0.3 is 14.8 Å².